The zero-order valence-electron chi connectivity index (χ0n) is 23.3. The van der Waals surface area contributed by atoms with Crippen LogP contribution in [0.2, 0.25) is 0 Å². The molecule has 0 unspecified atom stereocenters. The van der Waals surface area contributed by atoms with Crippen LogP contribution in [0.3, 0.4) is 0 Å². The maximum absolute atomic E-state index is 14.2. The van der Waals surface area contributed by atoms with E-state index >= 15 is 0 Å². The summed E-state index contributed by atoms with van der Waals surface area (Å²) >= 11 is 5.63. The van der Waals surface area contributed by atoms with Gasteiger partial charge in [-0.25, -0.2) is 0 Å². The minimum atomic E-state index is -1.04. The van der Waals surface area contributed by atoms with Gasteiger partial charge in [-0.05, 0) is 54.4 Å². The Morgan fingerprint density at radius 1 is 1.10 bits per heavy atom. The molecule has 2 aliphatic rings. The second-order valence-electron chi connectivity index (χ2n) is 10.4. The highest BCUT2D eigenvalue weighted by Gasteiger charge is 2.49. The fraction of sp³-hybridized carbons (Fsp3) is 0.355. The van der Waals surface area contributed by atoms with Gasteiger partial charge >= 0.3 is 0 Å². The number of nitrogens with zero attached hydrogens (tertiary/aromatic N) is 3. The van der Waals surface area contributed by atoms with Gasteiger partial charge in [-0.15, -0.1) is 0 Å². The van der Waals surface area contributed by atoms with Crippen molar-refractivity contribution in [1.82, 2.24) is 20.1 Å². The van der Waals surface area contributed by atoms with E-state index in [1.54, 1.807) is 49.7 Å². The fourth-order valence-corrected chi connectivity index (χ4v) is 6.00. The van der Waals surface area contributed by atoms with Crippen LogP contribution in [0.25, 0.3) is 0 Å². The van der Waals surface area contributed by atoms with Gasteiger partial charge in [0.2, 0.25) is 11.8 Å². The Morgan fingerprint density at radius 3 is 2.56 bits per heavy atom. The van der Waals surface area contributed by atoms with Crippen LogP contribution in [0.1, 0.15) is 42.9 Å². The van der Waals surface area contributed by atoms with Crippen molar-refractivity contribution in [3.05, 3.63) is 84.2 Å². The number of carbonyl (C=O) groups excluding carboxylic acids is 2. The maximum atomic E-state index is 14.2. The molecule has 2 aromatic carbocycles. The molecule has 2 amide bonds. The minimum Gasteiger partial charge on any atom is -0.497 e. The van der Waals surface area contributed by atoms with Crippen LogP contribution in [0.4, 0.5) is 5.69 Å². The summed E-state index contributed by atoms with van der Waals surface area (Å²) in [4.78, 5) is 36.3. The number of ether oxygens (including phenoxy) is 2. The second kappa shape index (κ2) is 12.6. The monoisotopic (exact) mass is 573 g/mol. The van der Waals surface area contributed by atoms with Crippen molar-refractivity contribution in [2.75, 3.05) is 32.6 Å². The molecule has 1 saturated heterocycles. The Bertz CT molecular complexity index is 1380. The number of anilines is 1. The number of rotatable bonds is 10. The topological polar surface area (TPSA) is 96.0 Å². The van der Waals surface area contributed by atoms with Crippen molar-refractivity contribution in [3.63, 3.8) is 0 Å². The largest absolute Gasteiger partial charge is 0.497 e. The molecular weight excluding hydrogens is 538 g/mol. The number of aromatic nitrogens is 1. The summed E-state index contributed by atoms with van der Waals surface area (Å²) in [6, 6.07) is 19.0. The Morgan fingerprint density at radius 2 is 1.88 bits per heavy atom. The van der Waals surface area contributed by atoms with Crippen LogP contribution in [0.15, 0.2) is 73.1 Å². The van der Waals surface area contributed by atoms with E-state index in [0.717, 1.165) is 24.0 Å². The molecule has 1 aromatic heterocycles. The Labute approximate surface area is 245 Å². The number of thiocarbonyl (C=S) groups is 1. The number of methoxy groups -OCH3 is 2. The van der Waals surface area contributed by atoms with Gasteiger partial charge < -0.3 is 29.9 Å². The number of hydrogen-bond donors (Lipinski definition) is 2. The van der Waals surface area contributed by atoms with Crippen LogP contribution in [0, 0.1) is 0 Å². The zero-order valence-corrected chi connectivity index (χ0v) is 24.2. The first-order valence-corrected chi connectivity index (χ1v) is 14.2. The lowest BCUT2D eigenvalue weighted by molar-refractivity contribution is -0.146. The van der Waals surface area contributed by atoms with Crippen LogP contribution in [0.5, 0.6) is 11.5 Å². The molecule has 2 N–H and O–H groups in total. The summed E-state index contributed by atoms with van der Waals surface area (Å²) in [6.07, 6.45) is 6.22. The normalized spacial score (nSPS) is 17.6. The number of carbonyl (C=O) groups is 2. The van der Waals surface area contributed by atoms with E-state index in [-0.39, 0.29) is 30.9 Å². The SMILES string of the molecule is COc1ccc(NC(=O)C2(N(Cc3cccnc3)C(=O)CN3C[C@@H](c4ccccc4)NC3=S)CCCC2)c(OC)c1. The van der Waals surface area contributed by atoms with E-state index in [2.05, 4.69) is 15.6 Å². The molecule has 2 fully saturated rings. The number of amides is 2. The summed E-state index contributed by atoms with van der Waals surface area (Å²) in [6.45, 7) is 0.893. The first-order valence-electron chi connectivity index (χ1n) is 13.8. The average molecular weight is 574 g/mol. The minimum absolute atomic E-state index is 0.00505. The molecule has 214 valence electrons. The highest BCUT2D eigenvalue weighted by Crippen LogP contribution is 2.39. The molecule has 0 radical (unpaired) electrons. The van der Waals surface area contributed by atoms with E-state index in [4.69, 9.17) is 21.7 Å². The standard InChI is InChI=1S/C31H35N5O4S/c1-39-24-12-13-25(27(17-24)40-2)33-29(38)31(14-6-7-15-31)36(19-22-9-8-16-32-18-22)28(37)21-35-20-26(34-30(35)41)23-10-4-3-5-11-23/h3-5,8-13,16-18,26H,6-7,14-15,19-21H2,1-2H3,(H,33,38)(H,34,41)/t26-/m0/s1. The molecule has 41 heavy (non-hydrogen) atoms. The summed E-state index contributed by atoms with van der Waals surface area (Å²) < 4.78 is 10.8. The van der Waals surface area contributed by atoms with Crippen molar-refractivity contribution < 1.29 is 19.1 Å². The Kier molecular flexibility index (Phi) is 8.68. The molecular formula is C31H35N5O4S. The van der Waals surface area contributed by atoms with E-state index in [1.165, 1.54) is 0 Å². The van der Waals surface area contributed by atoms with E-state index in [9.17, 15) is 9.59 Å². The van der Waals surface area contributed by atoms with Gasteiger partial charge in [-0.1, -0.05) is 49.2 Å². The molecule has 0 spiro atoms. The molecule has 3 aromatic rings. The van der Waals surface area contributed by atoms with Gasteiger partial charge in [0.1, 0.15) is 17.0 Å². The fourth-order valence-electron chi connectivity index (χ4n) is 5.72. The maximum Gasteiger partial charge on any atom is 0.250 e. The van der Waals surface area contributed by atoms with Crippen LogP contribution in [-0.4, -0.2) is 64.6 Å². The molecule has 1 saturated carbocycles. The van der Waals surface area contributed by atoms with Crippen LogP contribution >= 0.6 is 12.2 Å². The number of pyridine rings is 1. The molecule has 0 bridgehead atoms. The lowest BCUT2D eigenvalue weighted by Gasteiger charge is -2.41. The second-order valence-corrected chi connectivity index (χ2v) is 10.8. The van der Waals surface area contributed by atoms with Gasteiger partial charge in [0, 0.05) is 31.5 Å². The lowest BCUT2D eigenvalue weighted by Crippen LogP contribution is -2.59. The summed E-state index contributed by atoms with van der Waals surface area (Å²) in [5.74, 6) is 0.703. The Balaban J connectivity index is 1.42. The van der Waals surface area contributed by atoms with Crippen molar-refractivity contribution in [2.45, 2.75) is 43.8 Å². The third kappa shape index (κ3) is 6.12. The van der Waals surface area contributed by atoms with Crippen molar-refractivity contribution in [3.8, 4) is 11.5 Å². The van der Waals surface area contributed by atoms with Gasteiger partial charge in [0.15, 0.2) is 5.11 Å². The van der Waals surface area contributed by atoms with Crippen molar-refractivity contribution in [1.29, 1.82) is 0 Å². The molecule has 5 rings (SSSR count). The van der Waals surface area contributed by atoms with E-state index < -0.39 is 5.54 Å². The quantitative estimate of drug-likeness (QED) is 0.347. The third-order valence-electron chi connectivity index (χ3n) is 7.91. The summed E-state index contributed by atoms with van der Waals surface area (Å²) in [7, 11) is 3.12. The first-order chi connectivity index (χ1) is 19.9. The van der Waals surface area contributed by atoms with Gasteiger partial charge in [-0.3, -0.25) is 14.6 Å². The zero-order chi connectivity index (χ0) is 28.8. The van der Waals surface area contributed by atoms with E-state index in [1.807, 2.05) is 47.4 Å². The average Bonchev–Trinajstić information content (AvgIpc) is 3.65. The smallest absolute Gasteiger partial charge is 0.250 e. The van der Waals surface area contributed by atoms with Crippen LogP contribution < -0.4 is 20.1 Å². The highest BCUT2D eigenvalue weighted by molar-refractivity contribution is 7.80. The Hall–Kier alpha value is -4.18. The van der Waals surface area contributed by atoms with Gasteiger partial charge in [0.05, 0.1) is 32.5 Å². The van der Waals surface area contributed by atoms with Gasteiger partial charge in [0.25, 0.3) is 0 Å². The van der Waals surface area contributed by atoms with Crippen molar-refractivity contribution >= 4 is 34.8 Å². The molecule has 1 atom stereocenters. The molecule has 10 heteroatoms. The number of hydrogen-bond acceptors (Lipinski definition) is 6. The van der Waals surface area contributed by atoms with Crippen molar-refractivity contribution in [2.24, 2.45) is 0 Å². The van der Waals surface area contributed by atoms with E-state index in [0.29, 0.717) is 41.7 Å². The number of benzene rings is 2. The predicted octanol–water partition coefficient (Wildman–Crippen LogP) is 4.31. The molecule has 9 nitrogen and oxygen atoms in total. The highest BCUT2D eigenvalue weighted by atomic mass is 32.1. The van der Waals surface area contributed by atoms with Gasteiger partial charge in [-0.2, -0.15) is 0 Å². The molecule has 2 heterocycles. The lowest BCUT2D eigenvalue weighted by atomic mass is 9.92. The molecule has 1 aliphatic carbocycles. The predicted molar refractivity (Wildman–Crippen MR) is 161 cm³/mol. The van der Waals surface area contributed by atoms with Crippen LogP contribution in [-0.2, 0) is 16.1 Å². The summed E-state index contributed by atoms with van der Waals surface area (Å²) in [5, 5.41) is 6.94. The molecule has 1 aliphatic heterocycles. The number of nitrogens with one attached hydrogen (secondary N) is 2. The first kappa shape index (κ1) is 28.4. The summed E-state index contributed by atoms with van der Waals surface area (Å²) in [5.41, 5.74) is 1.45. The third-order valence-corrected chi connectivity index (χ3v) is 8.28.